The molecular formula is C6H11FO5. The predicted octanol–water partition coefficient (Wildman–Crippen LogP) is -2.24. The first kappa shape index (κ1) is 9.82. The van der Waals surface area contributed by atoms with E-state index < -0.39 is 37.4 Å². The van der Waals surface area contributed by atoms with Gasteiger partial charge in [-0.2, -0.15) is 0 Å². The Morgan fingerprint density at radius 1 is 1.17 bits per heavy atom. The van der Waals surface area contributed by atoms with E-state index in [-0.39, 0.29) is 0 Å². The van der Waals surface area contributed by atoms with Crippen LogP contribution in [0.4, 0.5) is 4.39 Å². The molecule has 0 saturated carbocycles. The third-order valence-electron chi connectivity index (χ3n) is 1.82. The second-order valence-corrected chi connectivity index (χ2v) is 2.67. The van der Waals surface area contributed by atoms with E-state index in [0.717, 1.165) is 0 Å². The van der Waals surface area contributed by atoms with Gasteiger partial charge in [0.25, 0.3) is 0 Å². The molecule has 0 bridgehead atoms. The molecule has 6 heteroatoms. The van der Waals surface area contributed by atoms with Crippen LogP contribution in [0.3, 0.4) is 0 Å². The number of halogens is 1. The van der Waals surface area contributed by atoms with Crippen molar-refractivity contribution in [3.63, 3.8) is 0 Å². The molecule has 0 amide bonds. The fourth-order valence-electron chi connectivity index (χ4n) is 1.06. The average molecular weight is 181 g/mol. The number of ether oxygens (including phenoxy) is 1. The van der Waals surface area contributed by atoms with E-state index in [0.29, 0.717) is 0 Å². The van der Waals surface area contributed by atoms with Crippen molar-refractivity contribution >= 4 is 0 Å². The largest absolute Gasteiger partial charge is 0.394 e. The molecule has 0 aromatic carbocycles. The van der Waals surface area contributed by atoms with Crippen LogP contribution in [0.25, 0.3) is 0 Å². The summed E-state index contributed by atoms with van der Waals surface area (Å²) in [6, 6.07) is 0. The topological polar surface area (TPSA) is 90.2 Å². The quantitative estimate of drug-likeness (QED) is 0.367. The van der Waals surface area contributed by atoms with Crippen LogP contribution in [0, 0.1) is 0 Å². The van der Waals surface area contributed by atoms with Crippen LogP contribution in [-0.4, -0.2) is 57.8 Å². The zero-order chi connectivity index (χ0) is 9.30. The van der Waals surface area contributed by atoms with Crippen molar-refractivity contribution in [3.05, 3.63) is 0 Å². The number of aliphatic hydroxyl groups excluding tert-OH is 4. The first-order valence-corrected chi connectivity index (χ1v) is 3.52. The molecule has 1 fully saturated rings. The summed E-state index contributed by atoms with van der Waals surface area (Å²) in [5, 5.41) is 35.3. The number of rotatable bonds is 1. The second-order valence-electron chi connectivity index (χ2n) is 2.67. The Balaban J connectivity index is 2.63. The van der Waals surface area contributed by atoms with Gasteiger partial charge in [-0.15, -0.1) is 0 Å². The maximum Gasteiger partial charge on any atom is 0.189 e. The highest BCUT2D eigenvalue weighted by Gasteiger charge is 2.43. The number of hydrogen-bond donors (Lipinski definition) is 4. The van der Waals surface area contributed by atoms with E-state index >= 15 is 0 Å². The van der Waals surface area contributed by atoms with Crippen LogP contribution in [0.1, 0.15) is 0 Å². The van der Waals surface area contributed by atoms with Crippen LogP contribution >= 0.6 is 0 Å². The summed E-state index contributed by atoms with van der Waals surface area (Å²) in [7, 11) is 0. The highest BCUT2D eigenvalue weighted by Crippen LogP contribution is 2.21. The molecule has 0 aliphatic carbocycles. The summed E-state index contributed by atoms with van der Waals surface area (Å²) >= 11 is 0. The van der Waals surface area contributed by atoms with Gasteiger partial charge in [0.05, 0.1) is 6.61 Å². The number of aliphatic hydroxyl groups is 4. The van der Waals surface area contributed by atoms with E-state index in [1.807, 2.05) is 0 Å². The van der Waals surface area contributed by atoms with Gasteiger partial charge in [0.2, 0.25) is 0 Å². The second kappa shape index (κ2) is 3.63. The molecule has 0 aromatic rings. The molecule has 0 aromatic heterocycles. The van der Waals surface area contributed by atoms with Crippen LogP contribution < -0.4 is 0 Å². The zero-order valence-corrected chi connectivity index (χ0v) is 6.17. The standard InChI is InChI=1S/C6H11FO5/c7-3-5(10)4(9)2(1-8)12-6(3)11/h2-6,8-11H,1H2/t2-,3+,4+,5-,6?/m1/s1/i7-1. The minimum Gasteiger partial charge on any atom is -0.394 e. The van der Waals surface area contributed by atoms with E-state index in [2.05, 4.69) is 4.74 Å². The van der Waals surface area contributed by atoms with Crippen molar-refractivity contribution in [2.45, 2.75) is 30.8 Å². The molecule has 1 heterocycles. The Morgan fingerprint density at radius 2 is 1.75 bits per heavy atom. The number of alkyl halides is 1. The van der Waals surface area contributed by atoms with E-state index in [4.69, 9.17) is 20.4 Å². The fraction of sp³-hybridized carbons (Fsp3) is 1.00. The highest BCUT2D eigenvalue weighted by atomic mass is 18.2. The highest BCUT2D eigenvalue weighted by molar-refractivity contribution is 4.88. The maximum absolute atomic E-state index is 12.7. The molecule has 1 rings (SSSR count). The molecule has 1 aliphatic heterocycles. The van der Waals surface area contributed by atoms with Crippen LogP contribution in [0.15, 0.2) is 0 Å². The number of hydrogen-bond acceptors (Lipinski definition) is 5. The van der Waals surface area contributed by atoms with Gasteiger partial charge in [-0.3, -0.25) is 0 Å². The van der Waals surface area contributed by atoms with Gasteiger partial charge in [-0.05, 0) is 0 Å². The van der Waals surface area contributed by atoms with Gasteiger partial charge in [-0.25, -0.2) is 4.39 Å². The minimum atomic E-state index is -2.04. The van der Waals surface area contributed by atoms with Gasteiger partial charge < -0.3 is 25.2 Å². The first-order chi connectivity index (χ1) is 5.57. The van der Waals surface area contributed by atoms with Crippen molar-refractivity contribution in [2.75, 3.05) is 6.61 Å². The summed E-state index contributed by atoms with van der Waals surface area (Å²) < 4.78 is 17.1. The SMILES string of the molecule is OC[C@H]1OC(O)[C@@H]([18F])[C@@H](O)[C@H]1O. The lowest BCUT2D eigenvalue weighted by atomic mass is 10.0. The van der Waals surface area contributed by atoms with Crippen molar-refractivity contribution in [1.82, 2.24) is 0 Å². The average Bonchev–Trinajstić information content (AvgIpc) is 2.08. The molecule has 72 valence electrons. The van der Waals surface area contributed by atoms with Gasteiger partial charge in [0, 0.05) is 0 Å². The van der Waals surface area contributed by atoms with Crippen molar-refractivity contribution in [1.29, 1.82) is 0 Å². The molecular weight excluding hydrogens is 170 g/mol. The van der Waals surface area contributed by atoms with Crippen molar-refractivity contribution < 1.29 is 29.6 Å². The van der Waals surface area contributed by atoms with Gasteiger partial charge in [-0.1, -0.05) is 0 Å². The molecule has 1 aliphatic rings. The van der Waals surface area contributed by atoms with Crippen LogP contribution in [0.2, 0.25) is 0 Å². The van der Waals surface area contributed by atoms with Crippen molar-refractivity contribution in [2.24, 2.45) is 0 Å². The molecule has 1 saturated heterocycles. The van der Waals surface area contributed by atoms with Crippen LogP contribution in [-0.2, 0) is 4.74 Å². The lowest BCUT2D eigenvalue weighted by molar-refractivity contribution is -0.271. The lowest BCUT2D eigenvalue weighted by Gasteiger charge is -2.36. The van der Waals surface area contributed by atoms with Gasteiger partial charge in [0.15, 0.2) is 12.5 Å². The Bertz CT molecular complexity index is 150. The molecule has 4 N–H and O–H groups in total. The molecule has 5 nitrogen and oxygen atoms in total. The van der Waals surface area contributed by atoms with Gasteiger partial charge >= 0.3 is 0 Å². The smallest absolute Gasteiger partial charge is 0.189 e. The third-order valence-corrected chi connectivity index (χ3v) is 1.82. The Labute approximate surface area is 68.0 Å². The molecule has 0 radical (unpaired) electrons. The zero-order valence-electron chi connectivity index (χ0n) is 6.17. The molecule has 0 spiro atoms. The lowest BCUT2D eigenvalue weighted by Crippen LogP contribution is -2.56. The van der Waals surface area contributed by atoms with Gasteiger partial charge in [0.1, 0.15) is 18.3 Å². The van der Waals surface area contributed by atoms with Crippen molar-refractivity contribution in [3.8, 4) is 0 Å². The Kier molecular flexibility index (Phi) is 2.97. The summed E-state index contributed by atoms with van der Waals surface area (Å²) in [4.78, 5) is 0. The monoisotopic (exact) mass is 181 g/mol. The molecule has 5 atom stereocenters. The predicted molar refractivity (Wildman–Crippen MR) is 34.9 cm³/mol. The fourth-order valence-corrected chi connectivity index (χ4v) is 1.06. The minimum absolute atomic E-state index is 0.581. The first-order valence-electron chi connectivity index (χ1n) is 3.52. The van der Waals surface area contributed by atoms with Crippen LogP contribution in [0.5, 0.6) is 0 Å². The third kappa shape index (κ3) is 1.57. The summed E-state index contributed by atoms with van der Waals surface area (Å²) in [6.07, 6.45) is -8.19. The molecule has 1 unspecified atom stereocenters. The Morgan fingerprint density at radius 3 is 2.25 bits per heavy atom. The van der Waals surface area contributed by atoms with E-state index in [1.54, 1.807) is 0 Å². The molecule has 12 heavy (non-hydrogen) atoms. The normalized spacial score (nSPS) is 49.2. The summed E-state index contributed by atoms with van der Waals surface area (Å²) in [6.45, 7) is -0.581. The van der Waals surface area contributed by atoms with E-state index in [1.165, 1.54) is 0 Å². The maximum atomic E-state index is 12.7. The Hall–Kier alpha value is -0.270. The van der Waals surface area contributed by atoms with E-state index in [9.17, 15) is 4.39 Å². The summed E-state index contributed by atoms with van der Waals surface area (Å²) in [5.74, 6) is 0. The summed E-state index contributed by atoms with van der Waals surface area (Å²) in [5.41, 5.74) is 0.